The first kappa shape index (κ1) is 22.8. The number of rotatable bonds is 9. The number of methoxy groups -OCH3 is 1. The molecule has 29 heavy (non-hydrogen) atoms. The minimum Gasteiger partial charge on any atom is -0.495 e. The van der Waals surface area contributed by atoms with Gasteiger partial charge in [-0.1, -0.05) is 18.5 Å². The van der Waals surface area contributed by atoms with Crippen molar-refractivity contribution in [3.05, 3.63) is 47.5 Å². The average molecular weight is 441 g/mol. The third-order valence-corrected chi connectivity index (χ3v) is 5.63. The van der Waals surface area contributed by atoms with Crippen molar-refractivity contribution in [3.8, 4) is 11.5 Å². The van der Waals surface area contributed by atoms with Crippen LogP contribution in [-0.4, -0.2) is 40.3 Å². The molecule has 2 rings (SSSR count). The van der Waals surface area contributed by atoms with Crippen molar-refractivity contribution in [3.63, 3.8) is 0 Å². The van der Waals surface area contributed by atoms with E-state index in [1.165, 1.54) is 7.11 Å². The lowest BCUT2D eigenvalue weighted by atomic mass is 10.1. The summed E-state index contributed by atoms with van der Waals surface area (Å²) in [5, 5.41) is 3.07. The lowest BCUT2D eigenvalue weighted by molar-refractivity contribution is -0.117. The normalized spacial score (nSPS) is 12.2. The number of halogens is 1. The van der Waals surface area contributed by atoms with Crippen LogP contribution < -0.4 is 19.1 Å². The fourth-order valence-electron chi connectivity index (χ4n) is 2.89. The summed E-state index contributed by atoms with van der Waals surface area (Å²) in [7, 11) is -2.23. The Morgan fingerprint density at radius 1 is 1.17 bits per heavy atom. The van der Waals surface area contributed by atoms with E-state index in [1.54, 1.807) is 49.4 Å². The van der Waals surface area contributed by atoms with Crippen molar-refractivity contribution in [2.24, 2.45) is 0 Å². The highest BCUT2D eigenvalue weighted by molar-refractivity contribution is 7.92. The number of nitrogens with zero attached hydrogens (tertiary/aromatic N) is 1. The van der Waals surface area contributed by atoms with Crippen LogP contribution in [0.4, 0.5) is 11.4 Å². The predicted molar refractivity (Wildman–Crippen MR) is 116 cm³/mol. The molecule has 1 atom stereocenters. The smallest absolute Gasteiger partial charge is 0.248 e. The molecule has 0 spiro atoms. The van der Waals surface area contributed by atoms with E-state index < -0.39 is 22.0 Å². The lowest BCUT2D eigenvalue weighted by Gasteiger charge is -2.30. The number of nitrogens with one attached hydrogen (secondary N) is 1. The molecule has 2 aromatic rings. The van der Waals surface area contributed by atoms with Gasteiger partial charge in [0.2, 0.25) is 15.9 Å². The van der Waals surface area contributed by atoms with Gasteiger partial charge in [0.25, 0.3) is 0 Å². The number of sulfonamides is 1. The first-order chi connectivity index (χ1) is 13.7. The van der Waals surface area contributed by atoms with Crippen molar-refractivity contribution >= 4 is 38.9 Å². The van der Waals surface area contributed by atoms with E-state index in [1.807, 2.05) is 6.92 Å². The van der Waals surface area contributed by atoms with E-state index in [-0.39, 0.29) is 6.42 Å². The number of ether oxygens (including phenoxy) is 2. The molecule has 1 N–H and O–H groups in total. The summed E-state index contributed by atoms with van der Waals surface area (Å²) in [5.41, 5.74) is 0.824. The molecule has 0 unspecified atom stereocenters. The molecule has 7 nitrogen and oxygen atoms in total. The fourth-order valence-corrected chi connectivity index (χ4v) is 4.36. The largest absolute Gasteiger partial charge is 0.495 e. The summed E-state index contributed by atoms with van der Waals surface area (Å²) in [6.07, 6.45) is 1.35. The summed E-state index contributed by atoms with van der Waals surface area (Å²) in [5.74, 6) is 0.631. The SMILES string of the molecule is CCOc1ccc(N([C@@H](CC)C(=O)Nc2ccc(OC)c(Cl)c2)S(C)(=O)=O)cc1. The van der Waals surface area contributed by atoms with E-state index >= 15 is 0 Å². The number of carbonyl (C=O) groups is 1. The molecule has 2 aromatic carbocycles. The second-order valence-electron chi connectivity index (χ2n) is 6.25. The van der Waals surface area contributed by atoms with Gasteiger partial charge in [-0.05, 0) is 55.8 Å². The maximum Gasteiger partial charge on any atom is 0.248 e. The highest BCUT2D eigenvalue weighted by Gasteiger charge is 2.31. The molecule has 9 heteroatoms. The highest BCUT2D eigenvalue weighted by atomic mass is 35.5. The average Bonchev–Trinajstić information content (AvgIpc) is 2.66. The van der Waals surface area contributed by atoms with Gasteiger partial charge in [-0.15, -0.1) is 0 Å². The Labute approximate surface area is 176 Å². The predicted octanol–water partition coefficient (Wildman–Crippen LogP) is 3.93. The summed E-state index contributed by atoms with van der Waals surface area (Å²) in [4.78, 5) is 12.9. The third kappa shape index (κ3) is 5.77. The fraction of sp³-hybridized carbons (Fsp3) is 0.350. The topological polar surface area (TPSA) is 84.9 Å². The van der Waals surface area contributed by atoms with Crippen molar-refractivity contribution in [2.75, 3.05) is 29.6 Å². The van der Waals surface area contributed by atoms with Gasteiger partial charge in [-0.3, -0.25) is 9.10 Å². The Balaban J connectivity index is 2.32. The van der Waals surface area contributed by atoms with Crippen LogP contribution >= 0.6 is 11.6 Å². The molecule has 0 aliphatic carbocycles. The lowest BCUT2D eigenvalue weighted by Crippen LogP contribution is -2.47. The summed E-state index contributed by atoms with van der Waals surface area (Å²) < 4.78 is 36.6. The zero-order chi connectivity index (χ0) is 21.6. The molecule has 0 saturated heterocycles. The molecule has 0 heterocycles. The molecule has 0 aliphatic rings. The minimum absolute atomic E-state index is 0.274. The van der Waals surface area contributed by atoms with E-state index in [2.05, 4.69) is 5.32 Å². The van der Waals surface area contributed by atoms with Crippen LogP contribution in [0.15, 0.2) is 42.5 Å². The first-order valence-electron chi connectivity index (χ1n) is 9.07. The number of hydrogen-bond acceptors (Lipinski definition) is 5. The number of carbonyl (C=O) groups excluding carboxylic acids is 1. The van der Waals surface area contributed by atoms with Crippen LogP contribution in [0.2, 0.25) is 5.02 Å². The molecule has 0 aromatic heterocycles. The molecule has 0 radical (unpaired) electrons. The van der Waals surface area contributed by atoms with Gasteiger partial charge in [-0.2, -0.15) is 0 Å². The van der Waals surface area contributed by atoms with Gasteiger partial charge >= 0.3 is 0 Å². The quantitative estimate of drug-likeness (QED) is 0.638. The van der Waals surface area contributed by atoms with Crippen LogP contribution in [0.1, 0.15) is 20.3 Å². The number of hydrogen-bond donors (Lipinski definition) is 1. The molecule has 158 valence electrons. The summed E-state index contributed by atoms with van der Waals surface area (Å²) in [6.45, 7) is 4.11. The molecule has 0 saturated carbocycles. The molecular formula is C20H25ClN2O5S. The first-order valence-corrected chi connectivity index (χ1v) is 11.3. The Kier molecular flexibility index (Phi) is 7.75. The minimum atomic E-state index is -3.72. The van der Waals surface area contributed by atoms with Crippen molar-refractivity contribution in [1.82, 2.24) is 0 Å². The summed E-state index contributed by atoms with van der Waals surface area (Å²) >= 11 is 6.10. The van der Waals surface area contributed by atoms with E-state index in [0.717, 1.165) is 10.6 Å². The molecule has 0 aliphatic heterocycles. The van der Waals surface area contributed by atoms with Crippen molar-refractivity contribution in [1.29, 1.82) is 0 Å². The van der Waals surface area contributed by atoms with E-state index in [0.29, 0.717) is 34.5 Å². The van der Waals surface area contributed by atoms with Crippen molar-refractivity contribution < 1.29 is 22.7 Å². The van der Waals surface area contributed by atoms with Crippen LogP contribution in [0, 0.1) is 0 Å². The molecule has 0 fully saturated rings. The van der Waals surface area contributed by atoms with Gasteiger partial charge in [0, 0.05) is 5.69 Å². The number of benzene rings is 2. The standard InChI is InChI=1S/C20H25ClN2O5S/c1-5-18(20(24)22-14-7-12-19(27-3)17(21)13-14)23(29(4,25)26)15-8-10-16(11-9-15)28-6-2/h7-13,18H,5-6H2,1-4H3,(H,22,24)/t18-/m0/s1. The monoisotopic (exact) mass is 440 g/mol. The molecule has 0 bridgehead atoms. The Bertz CT molecular complexity index is 948. The molecule has 1 amide bonds. The van der Waals surface area contributed by atoms with Gasteiger partial charge in [0.1, 0.15) is 17.5 Å². The second-order valence-corrected chi connectivity index (χ2v) is 8.51. The van der Waals surface area contributed by atoms with Crippen molar-refractivity contribution in [2.45, 2.75) is 26.3 Å². The zero-order valence-electron chi connectivity index (χ0n) is 16.8. The van der Waals surface area contributed by atoms with Gasteiger partial charge in [0.15, 0.2) is 0 Å². The Hall–Kier alpha value is -2.45. The number of amides is 1. The number of anilines is 2. The Morgan fingerprint density at radius 2 is 1.83 bits per heavy atom. The van der Waals surface area contributed by atoms with E-state index in [4.69, 9.17) is 21.1 Å². The van der Waals surface area contributed by atoms with Crippen LogP contribution in [0.25, 0.3) is 0 Å². The summed E-state index contributed by atoms with van der Waals surface area (Å²) in [6, 6.07) is 10.4. The van der Waals surface area contributed by atoms with Gasteiger partial charge < -0.3 is 14.8 Å². The van der Waals surface area contributed by atoms with Crippen LogP contribution in [0.3, 0.4) is 0 Å². The Morgan fingerprint density at radius 3 is 2.31 bits per heavy atom. The van der Waals surface area contributed by atoms with Crippen LogP contribution in [0.5, 0.6) is 11.5 Å². The molecular weight excluding hydrogens is 416 g/mol. The highest BCUT2D eigenvalue weighted by Crippen LogP contribution is 2.29. The third-order valence-electron chi connectivity index (χ3n) is 4.15. The maximum absolute atomic E-state index is 12.9. The van der Waals surface area contributed by atoms with Gasteiger partial charge in [0.05, 0.1) is 30.7 Å². The maximum atomic E-state index is 12.9. The van der Waals surface area contributed by atoms with E-state index in [9.17, 15) is 13.2 Å². The van der Waals surface area contributed by atoms with Crippen LogP contribution in [-0.2, 0) is 14.8 Å². The second kappa shape index (κ2) is 9.84. The van der Waals surface area contributed by atoms with Gasteiger partial charge in [-0.25, -0.2) is 8.42 Å². The zero-order valence-corrected chi connectivity index (χ0v) is 18.4.